The van der Waals surface area contributed by atoms with E-state index in [0.29, 0.717) is 27.4 Å². The lowest BCUT2D eigenvalue weighted by Gasteiger charge is -2.10. The molecule has 0 unspecified atom stereocenters. The molecule has 1 aromatic heterocycles. The van der Waals surface area contributed by atoms with Crippen molar-refractivity contribution < 1.29 is 27.5 Å². The lowest BCUT2D eigenvalue weighted by molar-refractivity contribution is 0.0529. The summed E-state index contributed by atoms with van der Waals surface area (Å²) in [6.07, 6.45) is 1.14. The van der Waals surface area contributed by atoms with E-state index >= 15 is 0 Å². The van der Waals surface area contributed by atoms with Crippen LogP contribution in [-0.2, 0) is 20.3 Å². The number of amides is 1. The van der Waals surface area contributed by atoms with Crippen LogP contribution >= 0.6 is 11.3 Å². The second kappa shape index (κ2) is 9.97. The van der Waals surface area contributed by atoms with E-state index in [1.165, 1.54) is 17.4 Å². The molecule has 0 aliphatic rings. The molecule has 32 heavy (non-hydrogen) atoms. The summed E-state index contributed by atoms with van der Waals surface area (Å²) in [4.78, 5) is 25.6. The maximum absolute atomic E-state index is 12.9. The molecule has 0 atom stereocenters. The SMILES string of the molecule is CCOC(=O)c1c(-c2ccc(OC)cc2)csc1NC(=O)c1cccc(CS(C)(=O)=O)c1. The van der Waals surface area contributed by atoms with Gasteiger partial charge in [-0.3, -0.25) is 4.79 Å². The average molecular weight is 474 g/mol. The molecule has 168 valence electrons. The van der Waals surface area contributed by atoms with Gasteiger partial charge in [0.15, 0.2) is 9.84 Å². The van der Waals surface area contributed by atoms with E-state index in [-0.39, 0.29) is 17.9 Å². The molecule has 0 fully saturated rings. The number of ether oxygens (including phenoxy) is 2. The summed E-state index contributed by atoms with van der Waals surface area (Å²) in [5.41, 5.74) is 2.48. The zero-order chi connectivity index (χ0) is 23.3. The Bertz CT molecular complexity index is 1230. The lowest BCUT2D eigenvalue weighted by atomic mass is 10.0. The Morgan fingerprint density at radius 1 is 1.09 bits per heavy atom. The Morgan fingerprint density at radius 2 is 1.81 bits per heavy atom. The Morgan fingerprint density at radius 3 is 2.44 bits per heavy atom. The van der Waals surface area contributed by atoms with E-state index in [9.17, 15) is 18.0 Å². The molecule has 0 radical (unpaired) electrons. The van der Waals surface area contributed by atoms with Crippen molar-refractivity contribution in [2.75, 3.05) is 25.3 Å². The van der Waals surface area contributed by atoms with Gasteiger partial charge in [0.2, 0.25) is 0 Å². The van der Waals surface area contributed by atoms with Crippen molar-refractivity contribution in [3.63, 3.8) is 0 Å². The van der Waals surface area contributed by atoms with Crippen molar-refractivity contribution in [2.45, 2.75) is 12.7 Å². The first-order chi connectivity index (χ1) is 15.2. The molecule has 2 aromatic carbocycles. The number of methoxy groups -OCH3 is 1. The summed E-state index contributed by atoms with van der Waals surface area (Å²) < 4.78 is 33.6. The molecule has 3 aromatic rings. The van der Waals surface area contributed by atoms with Crippen molar-refractivity contribution in [3.8, 4) is 16.9 Å². The maximum Gasteiger partial charge on any atom is 0.341 e. The molecule has 3 rings (SSSR count). The molecule has 9 heteroatoms. The van der Waals surface area contributed by atoms with Gasteiger partial charge in [0.25, 0.3) is 5.91 Å². The fraction of sp³-hybridized carbons (Fsp3) is 0.217. The van der Waals surface area contributed by atoms with Gasteiger partial charge < -0.3 is 14.8 Å². The Hall–Kier alpha value is -3.17. The van der Waals surface area contributed by atoms with Gasteiger partial charge in [0.05, 0.1) is 19.5 Å². The molecular weight excluding hydrogens is 450 g/mol. The van der Waals surface area contributed by atoms with Crippen LogP contribution in [0.4, 0.5) is 5.00 Å². The van der Waals surface area contributed by atoms with Crippen molar-refractivity contribution in [1.82, 2.24) is 0 Å². The summed E-state index contributed by atoms with van der Waals surface area (Å²) in [5.74, 6) is -0.470. The molecular formula is C23H23NO6S2. The highest BCUT2D eigenvalue weighted by molar-refractivity contribution is 7.89. The monoisotopic (exact) mass is 473 g/mol. The summed E-state index contributed by atoms with van der Waals surface area (Å²) >= 11 is 1.21. The fourth-order valence-corrected chi connectivity index (χ4v) is 4.86. The molecule has 0 aliphatic carbocycles. The quantitative estimate of drug-likeness (QED) is 0.487. The highest BCUT2D eigenvalue weighted by Crippen LogP contribution is 2.37. The van der Waals surface area contributed by atoms with Crippen LogP contribution in [0.5, 0.6) is 5.75 Å². The normalized spacial score (nSPS) is 11.1. The summed E-state index contributed by atoms with van der Waals surface area (Å²) in [5, 5.41) is 4.91. The first kappa shape index (κ1) is 23.5. The largest absolute Gasteiger partial charge is 0.497 e. The number of rotatable bonds is 8. The number of carbonyl (C=O) groups is 2. The number of esters is 1. The van der Waals surface area contributed by atoms with Crippen molar-refractivity contribution in [1.29, 1.82) is 0 Å². The molecule has 0 bridgehead atoms. The lowest BCUT2D eigenvalue weighted by Crippen LogP contribution is -2.15. The number of hydrogen-bond acceptors (Lipinski definition) is 7. The van der Waals surface area contributed by atoms with Gasteiger partial charge in [0.1, 0.15) is 16.3 Å². The van der Waals surface area contributed by atoms with Crippen LogP contribution in [-0.4, -0.2) is 40.3 Å². The number of thiophene rings is 1. The minimum absolute atomic E-state index is 0.164. The van der Waals surface area contributed by atoms with Crippen LogP contribution in [0.1, 0.15) is 33.2 Å². The van der Waals surface area contributed by atoms with Gasteiger partial charge in [-0.15, -0.1) is 11.3 Å². The highest BCUT2D eigenvalue weighted by atomic mass is 32.2. The molecule has 1 amide bonds. The third kappa shape index (κ3) is 5.74. The van der Waals surface area contributed by atoms with Crippen molar-refractivity contribution >= 4 is 38.1 Å². The standard InChI is InChI=1S/C23H23NO6S2/c1-4-30-23(26)20-19(16-8-10-18(29-2)11-9-16)13-31-22(20)24-21(25)17-7-5-6-15(12-17)14-32(3,27)28/h5-13H,4,14H2,1-3H3,(H,24,25). The first-order valence-corrected chi connectivity index (χ1v) is 12.7. The highest BCUT2D eigenvalue weighted by Gasteiger charge is 2.23. The van der Waals surface area contributed by atoms with E-state index in [2.05, 4.69) is 5.32 Å². The Balaban J connectivity index is 1.94. The first-order valence-electron chi connectivity index (χ1n) is 9.73. The van der Waals surface area contributed by atoms with E-state index in [0.717, 1.165) is 11.8 Å². The molecule has 7 nitrogen and oxygen atoms in total. The second-order valence-corrected chi connectivity index (χ2v) is 10.0. The van der Waals surface area contributed by atoms with Gasteiger partial charge in [-0.25, -0.2) is 13.2 Å². The minimum atomic E-state index is -3.23. The van der Waals surface area contributed by atoms with Crippen molar-refractivity contribution in [3.05, 3.63) is 70.6 Å². The fourth-order valence-electron chi connectivity index (χ4n) is 3.12. The van der Waals surface area contributed by atoms with Crippen LogP contribution in [0.25, 0.3) is 11.1 Å². The van der Waals surface area contributed by atoms with E-state index in [1.807, 2.05) is 12.1 Å². The zero-order valence-electron chi connectivity index (χ0n) is 17.9. The number of anilines is 1. The van der Waals surface area contributed by atoms with Crippen LogP contribution in [0.3, 0.4) is 0 Å². The average Bonchev–Trinajstić information content (AvgIpc) is 3.16. The molecule has 0 saturated carbocycles. The predicted octanol–water partition coefficient (Wildman–Crippen LogP) is 4.40. The van der Waals surface area contributed by atoms with Gasteiger partial charge in [-0.1, -0.05) is 24.3 Å². The minimum Gasteiger partial charge on any atom is -0.497 e. The van der Waals surface area contributed by atoms with Gasteiger partial charge in [-0.05, 0) is 42.3 Å². The number of hydrogen-bond donors (Lipinski definition) is 1. The summed E-state index contributed by atoms with van der Waals surface area (Å²) in [6.45, 7) is 1.90. The third-order valence-corrected chi connectivity index (χ3v) is 6.27. The number of nitrogens with one attached hydrogen (secondary N) is 1. The molecule has 0 aliphatic heterocycles. The number of benzene rings is 2. The van der Waals surface area contributed by atoms with E-state index in [4.69, 9.17) is 9.47 Å². The smallest absolute Gasteiger partial charge is 0.341 e. The maximum atomic E-state index is 12.9. The number of carbonyl (C=O) groups excluding carboxylic acids is 2. The predicted molar refractivity (Wildman–Crippen MR) is 125 cm³/mol. The molecule has 0 spiro atoms. The molecule has 1 N–H and O–H groups in total. The van der Waals surface area contributed by atoms with Crippen LogP contribution in [0, 0.1) is 0 Å². The van der Waals surface area contributed by atoms with Gasteiger partial charge >= 0.3 is 5.97 Å². The Kier molecular flexibility index (Phi) is 7.32. The van der Waals surface area contributed by atoms with Gasteiger partial charge in [-0.2, -0.15) is 0 Å². The topological polar surface area (TPSA) is 98.8 Å². The van der Waals surface area contributed by atoms with E-state index < -0.39 is 21.7 Å². The molecule has 1 heterocycles. The third-order valence-electron chi connectivity index (χ3n) is 4.52. The van der Waals surface area contributed by atoms with Crippen LogP contribution in [0.15, 0.2) is 53.9 Å². The van der Waals surface area contributed by atoms with Crippen LogP contribution < -0.4 is 10.1 Å². The Labute approximate surface area is 190 Å². The van der Waals surface area contributed by atoms with Crippen LogP contribution in [0.2, 0.25) is 0 Å². The van der Waals surface area contributed by atoms with Crippen molar-refractivity contribution in [2.24, 2.45) is 0 Å². The van der Waals surface area contributed by atoms with Gasteiger partial charge in [0, 0.05) is 22.8 Å². The molecule has 0 saturated heterocycles. The zero-order valence-corrected chi connectivity index (χ0v) is 19.5. The van der Waals surface area contributed by atoms with E-state index in [1.54, 1.807) is 49.7 Å². The second-order valence-electron chi connectivity index (χ2n) is 7.03. The summed E-state index contributed by atoms with van der Waals surface area (Å²) in [7, 11) is -1.66. The number of sulfone groups is 1. The summed E-state index contributed by atoms with van der Waals surface area (Å²) in [6, 6.07) is 13.6.